The molecule has 0 bridgehead atoms. The minimum atomic E-state index is -0.209. The van der Waals surface area contributed by atoms with Gasteiger partial charge in [0.25, 0.3) is 5.91 Å². The van der Waals surface area contributed by atoms with Crippen molar-refractivity contribution in [3.63, 3.8) is 0 Å². The number of aromatic nitrogens is 1. The van der Waals surface area contributed by atoms with E-state index in [2.05, 4.69) is 23.3 Å². The van der Waals surface area contributed by atoms with Gasteiger partial charge < -0.3 is 5.32 Å². The molecule has 3 rings (SSSR count). The monoisotopic (exact) mass is 376 g/mol. The summed E-state index contributed by atoms with van der Waals surface area (Å²) in [7, 11) is 0. The smallest absolute Gasteiger partial charge is 0.251 e. The van der Waals surface area contributed by atoms with E-state index in [1.165, 1.54) is 5.56 Å². The van der Waals surface area contributed by atoms with E-state index in [0.29, 0.717) is 22.2 Å². The van der Waals surface area contributed by atoms with Crippen LogP contribution >= 0.6 is 34.5 Å². The first-order chi connectivity index (χ1) is 11.5. The zero-order valence-corrected chi connectivity index (χ0v) is 15.2. The van der Waals surface area contributed by atoms with E-state index in [-0.39, 0.29) is 5.91 Å². The Balaban J connectivity index is 1.68. The van der Waals surface area contributed by atoms with Gasteiger partial charge in [0.2, 0.25) is 0 Å². The molecule has 0 atom stereocenters. The maximum absolute atomic E-state index is 12.2. The average Bonchev–Trinajstić information content (AvgIpc) is 3.04. The van der Waals surface area contributed by atoms with Crippen molar-refractivity contribution in [2.45, 2.75) is 13.5 Å². The number of thiazole rings is 1. The molecule has 0 spiro atoms. The van der Waals surface area contributed by atoms with Gasteiger partial charge in [-0.25, -0.2) is 4.98 Å². The second-order valence-electron chi connectivity index (χ2n) is 5.27. The van der Waals surface area contributed by atoms with Gasteiger partial charge in [-0.15, -0.1) is 11.3 Å². The van der Waals surface area contributed by atoms with Gasteiger partial charge in [0.1, 0.15) is 5.01 Å². The minimum absolute atomic E-state index is 0.209. The van der Waals surface area contributed by atoms with Gasteiger partial charge in [-0.05, 0) is 30.7 Å². The van der Waals surface area contributed by atoms with Crippen molar-refractivity contribution in [1.29, 1.82) is 0 Å². The standard InChI is InChI=1S/C18H14Cl2N2OS/c1-11-4-2-3-5-14(11)18-22-13(10-24-18)9-21-17(23)12-6-7-15(19)16(20)8-12/h2-8,10H,9H2,1H3,(H,21,23). The van der Waals surface area contributed by atoms with Crippen molar-refractivity contribution in [3.05, 3.63) is 74.7 Å². The van der Waals surface area contributed by atoms with Crippen molar-refractivity contribution >= 4 is 40.4 Å². The van der Waals surface area contributed by atoms with E-state index in [0.717, 1.165) is 16.3 Å². The zero-order chi connectivity index (χ0) is 17.1. The van der Waals surface area contributed by atoms with Crippen LogP contribution in [0.2, 0.25) is 10.0 Å². The third-order valence-corrected chi connectivity index (χ3v) is 5.20. The summed E-state index contributed by atoms with van der Waals surface area (Å²) in [4.78, 5) is 16.8. The van der Waals surface area contributed by atoms with Crippen LogP contribution in [-0.4, -0.2) is 10.9 Å². The van der Waals surface area contributed by atoms with Crippen molar-refractivity contribution in [1.82, 2.24) is 10.3 Å². The third kappa shape index (κ3) is 3.78. The van der Waals surface area contributed by atoms with Crippen LogP contribution < -0.4 is 5.32 Å². The first-order valence-corrected chi connectivity index (χ1v) is 8.92. The Morgan fingerprint density at radius 1 is 1.17 bits per heavy atom. The van der Waals surface area contributed by atoms with Crippen LogP contribution in [0, 0.1) is 6.92 Å². The molecule has 0 saturated carbocycles. The van der Waals surface area contributed by atoms with E-state index in [9.17, 15) is 4.79 Å². The number of hydrogen-bond donors (Lipinski definition) is 1. The number of rotatable bonds is 4. The number of amides is 1. The van der Waals surface area contributed by atoms with Gasteiger partial charge in [-0.2, -0.15) is 0 Å². The summed E-state index contributed by atoms with van der Waals surface area (Å²) in [6, 6.07) is 12.9. The molecule has 2 aromatic carbocycles. The Morgan fingerprint density at radius 3 is 2.71 bits per heavy atom. The Labute approximate surface area is 154 Å². The summed E-state index contributed by atoms with van der Waals surface area (Å²) in [6.45, 7) is 2.42. The number of benzene rings is 2. The van der Waals surface area contributed by atoms with Crippen LogP contribution in [0.4, 0.5) is 0 Å². The lowest BCUT2D eigenvalue weighted by atomic mass is 10.1. The van der Waals surface area contributed by atoms with E-state index in [4.69, 9.17) is 23.2 Å². The van der Waals surface area contributed by atoms with Gasteiger partial charge in [0.15, 0.2) is 0 Å². The summed E-state index contributed by atoms with van der Waals surface area (Å²) >= 11 is 13.4. The van der Waals surface area contributed by atoms with E-state index in [1.807, 2.05) is 23.6 Å². The molecule has 0 saturated heterocycles. The average molecular weight is 377 g/mol. The minimum Gasteiger partial charge on any atom is -0.346 e. The molecule has 0 fully saturated rings. The summed E-state index contributed by atoms with van der Waals surface area (Å²) < 4.78 is 0. The van der Waals surface area contributed by atoms with Gasteiger partial charge in [-0.1, -0.05) is 47.5 Å². The summed E-state index contributed by atoms with van der Waals surface area (Å²) in [5, 5.41) is 6.54. The maximum atomic E-state index is 12.2. The number of carbonyl (C=O) groups is 1. The van der Waals surface area contributed by atoms with Crippen molar-refractivity contribution in [2.24, 2.45) is 0 Å². The van der Waals surface area contributed by atoms with Crippen molar-refractivity contribution in [3.8, 4) is 10.6 Å². The highest BCUT2D eigenvalue weighted by Crippen LogP contribution is 2.26. The van der Waals surface area contributed by atoms with E-state index >= 15 is 0 Å². The molecule has 3 aromatic rings. The summed E-state index contributed by atoms with van der Waals surface area (Å²) in [5.74, 6) is -0.209. The fraction of sp³-hybridized carbons (Fsp3) is 0.111. The molecular weight excluding hydrogens is 363 g/mol. The molecular formula is C18H14Cl2N2OS. The second-order valence-corrected chi connectivity index (χ2v) is 6.94. The van der Waals surface area contributed by atoms with Crippen LogP contribution in [0.1, 0.15) is 21.6 Å². The predicted octanol–water partition coefficient (Wildman–Crippen LogP) is 5.36. The summed E-state index contributed by atoms with van der Waals surface area (Å²) in [5.41, 5.74) is 3.59. The molecule has 1 N–H and O–H groups in total. The van der Waals surface area contributed by atoms with E-state index < -0.39 is 0 Å². The fourth-order valence-corrected chi connectivity index (χ4v) is 3.44. The third-order valence-electron chi connectivity index (χ3n) is 3.54. The highest BCUT2D eigenvalue weighted by molar-refractivity contribution is 7.13. The van der Waals surface area contributed by atoms with Crippen molar-refractivity contribution < 1.29 is 4.79 Å². The van der Waals surface area contributed by atoms with Crippen LogP contribution in [0.25, 0.3) is 10.6 Å². The Bertz CT molecular complexity index is 892. The molecule has 0 aliphatic heterocycles. The number of halogens is 2. The molecule has 122 valence electrons. The molecule has 0 radical (unpaired) electrons. The van der Waals surface area contributed by atoms with E-state index in [1.54, 1.807) is 29.5 Å². The molecule has 0 aliphatic carbocycles. The first-order valence-electron chi connectivity index (χ1n) is 7.28. The molecule has 0 aliphatic rings. The lowest BCUT2D eigenvalue weighted by Crippen LogP contribution is -2.22. The molecule has 3 nitrogen and oxygen atoms in total. The fourth-order valence-electron chi connectivity index (χ4n) is 2.24. The van der Waals surface area contributed by atoms with Gasteiger partial charge in [0.05, 0.1) is 22.3 Å². The lowest BCUT2D eigenvalue weighted by Gasteiger charge is -2.05. The molecule has 0 unspecified atom stereocenters. The number of nitrogens with zero attached hydrogens (tertiary/aromatic N) is 1. The molecule has 1 heterocycles. The number of hydrogen-bond acceptors (Lipinski definition) is 3. The highest BCUT2D eigenvalue weighted by atomic mass is 35.5. The van der Waals surface area contributed by atoms with Crippen LogP contribution in [-0.2, 0) is 6.54 Å². The quantitative estimate of drug-likeness (QED) is 0.666. The largest absolute Gasteiger partial charge is 0.346 e. The predicted molar refractivity (Wildman–Crippen MR) is 99.9 cm³/mol. The Hall–Kier alpha value is -1.88. The number of carbonyl (C=O) groups excluding carboxylic acids is 1. The molecule has 1 amide bonds. The molecule has 24 heavy (non-hydrogen) atoms. The number of aryl methyl sites for hydroxylation is 1. The second kappa shape index (κ2) is 7.34. The van der Waals surface area contributed by atoms with Crippen LogP contribution in [0.5, 0.6) is 0 Å². The Morgan fingerprint density at radius 2 is 1.96 bits per heavy atom. The van der Waals surface area contributed by atoms with Gasteiger partial charge in [-0.3, -0.25) is 4.79 Å². The highest BCUT2D eigenvalue weighted by Gasteiger charge is 2.10. The SMILES string of the molecule is Cc1ccccc1-c1nc(CNC(=O)c2ccc(Cl)c(Cl)c2)cs1. The van der Waals surface area contributed by atoms with Crippen molar-refractivity contribution in [2.75, 3.05) is 0 Å². The van der Waals surface area contributed by atoms with Crippen LogP contribution in [0.15, 0.2) is 47.8 Å². The normalized spacial score (nSPS) is 10.6. The topological polar surface area (TPSA) is 42.0 Å². The lowest BCUT2D eigenvalue weighted by molar-refractivity contribution is 0.0950. The van der Waals surface area contributed by atoms with Crippen LogP contribution in [0.3, 0.4) is 0 Å². The maximum Gasteiger partial charge on any atom is 0.251 e. The Kier molecular flexibility index (Phi) is 5.19. The first kappa shape index (κ1) is 17.0. The molecule has 1 aromatic heterocycles. The van der Waals surface area contributed by atoms with Gasteiger partial charge >= 0.3 is 0 Å². The van der Waals surface area contributed by atoms with Gasteiger partial charge in [0, 0.05) is 16.5 Å². The molecule has 6 heteroatoms. The summed E-state index contributed by atoms with van der Waals surface area (Å²) in [6.07, 6.45) is 0. The number of nitrogens with one attached hydrogen (secondary N) is 1. The zero-order valence-electron chi connectivity index (χ0n) is 12.8.